The van der Waals surface area contributed by atoms with Crippen molar-refractivity contribution < 1.29 is 28.2 Å². The predicted octanol–water partition coefficient (Wildman–Crippen LogP) is 4.47. The first kappa shape index (κ1) is 22.9. The normalized spacial score (nSPS) is 14.7. The number of hydrogen-bond donors (Lipinski definition) is 1. The molecule has 3 aromatic rings. The molecule has 4 rings (SSSR count). The van der Waals surface area contributed by atoms with Crippen LogP contribution in [0, 0.1) is 5.82 Å². The lowest BCUT2D eigenvalue weighted by atomic mass is 10.1. The number of nitrogens with one attached hydrogen (secondary N) is 1. The van der Waals surface area contributed by atoms with Crippen molar-refractivity contribution in [2.75, 3.05) is 19.1 Å². The highest BCUT2D eigenvalue weighted by molar-refractivity contribution is 7.80. The molecule has 0 unspecified atom stereocenters. The molecule has 1 aliphatic rings. The minimum atomic E-state index is -0.732. The van der Waals surface area contributed by atoms with Gasteiger partial charge >= 0.3 is 0 Å². The summed E-state index contributed by atoms with van der Waals surface area (Å²) < 4.78 is 30.6. The molecule has 0 aromatic heterocycles. The molecule has 1 fully saturated rings. The summed E-state index contributed by atoms with van der Waals surface area (Å²) in [6, 6.07) is 18.3. The Morgan fingerprint density at radius 1 is 0.912 bits per heavy atom. The van der Waals surface area contributed by atoms with Crippen molar-refractivity contribution in [2.24, 2.45) is 0 Å². The maximum atomic E-state index is 14.6. The zero-order chi connectivity index (χ0) is 24.2. The molecule has 0 atom stereocenters. The number of rotatable bonds is 6. The van der Waals surface area contributed by atoms with Crippen LogP contribution >= 0.6 is 12.2 Å². The maximum absolute atomic E-state index is 14.6. The summed E-state index contributed by atoms with van der Waals surface area (Å²) in [7, 11) is 2.78. The molecule has 2 amide bonds. The Morgan fingerprint density at radius 2 is 1.53 bits per heavy atom. The zero-order valence-electron chi connectivity index (χ0n) is 18.2. The summed E-state index contributed by atoms with van der Waals surface area (Å²) in [4.78, 5) is 26.9. The fourth-order valence-electron chi connectivity index (χ4n) is 3.32. The van der Waals surface area contributed by atoms with Gasteiger partial charge in [0.05, 0.1) is 19.9 Å². The molecule has 0 spiro atoms. The summed E-state index contributed by atoms with van der Waals surface area (Å²) in [6.07, 6.45) is 1.15. The number of carbonyl (C=O) groups excluding carboxylic acids is 2. The standard InChI is InChI=1S/C25H19FN2O5S/c1-31-21-13-15(20(26)14-22(21)32-2)12-19-23(29)27-25(34)28(24(19)30)16-8-10-18(11-9-16)33-17-6-4-3-5-7-17/h3-14H,1-2H3,(H,27,29,34). The molecule has 1 aliphatic heterocycles. The average molecular weight is 479 g/mol. The van der Waals surface area contributed by atoms with Gasteiger partial charge in [-0.25, -0.2) is 4.39 Å². The van der Waals surface area contributed by atoms with Gasteiger partial charge in [-0.15, -0.1) is 0 Å². The third-order valence-corrected chi connectivity index (χ3v) is 5.26. The Kier molecular flexibility index (Phi) is 6.55. The van der Waals surface area contributed by atoms with Crippen LogP contribution in [0.2, 0.25) is 0 Å². The van der Waals surface area contributed by atoms with Crippen LogP contribution in [0.15, 0.2) is 72.3 Å². The lowest BCUT2D eigenvalue weighted by Gasteiger charge is -2.29. The minimum absolute atomic E-state index is 0.0180. The van der Waals surface area contributed by atoms with Crippen molar-refractivity contribution in [3.05, 3.63) is 83.7 Å². The average Bonchev–Trinajstić information content (AvgIpc) is 2.84. The maximum Gasteiger partial charge on any atom is 0.270 e. The van der Waals surface area contributed by atoms with Gasteiger partial charge in [-0.1, -0.05) is 18.2 Å². The Labute approximate surface area is 200 Å². The van der Waals surface area contributed by atoms with Gasteiger partial charge in [-0.3, -0.25) is 19.8 Å². The van der Waals surface area contributed by atoms with Crippen LogP contribution in [-0.4, -0.2) is 31.1 Å². The minimum Gasteiger partial charge on any atom is -0.493 e. The SMILES string of the molecule is COc1cc(F)c(C=C2C(=O)NC(=S)N(c3ccc(Oc4ccccc4)cc3)C2=O)cc1OC. The predicted molar refractivity (Wildman–Crippen MR) is 129 cm³/mol. The van der Waals surface area contributed by atoms with Gasteiger partial charge in [0.2, 0.25) is 0 Å². The van der Waals surface area contributed by atoms with E-state index in [2.05, 4.69) is 5.32 Å². The van der Waals surface area contributed by atoms with E-state index in [0.717, 1.165) is 17.0 Å². The van der Waals surface area contributed by atoms with E-state index >= 15 is 0 Å². The molecule has 9 heteroatoms. The van der Waals surface area contributed by atoms with Crippen LogP contribution in [0.3, 0.4) is 0 Å². The van der Waals surface area contributed by atoms with Gasteiger partial charge in [0.15, 0.2) is 16.6 Å². The second-order valence-corrected chi connectivity index (χ2v) is 7.48. The van der Waals surface area contributed by atoms with E-state index in [0.29, 0.717) is 17.2 Å². The van der Waals surface area contributed by atoms with Gasteiger partial charge in [-0.05, 0) is 60.8 Å². The van der Waals surface area contributed by atoms with E-state index in [-0.39, 0.29) is 27.7 Å². The first-order valence-electron chi connectivity index (χ1n) is 10.1. The number of nitrogens with zero attached hydrogens (tertiary/aromatic N) is 1. The largest absolute Gasteiger partial charge is 0.493 e. The molecule has 1 saturated heterocycles. The number of hydrogen-bond acceptors (Lipinski definition) is 6. The number of methoxy groups -OCH3 is 2. The van der Waals surface area contributed by atoms with E-state index in [1.165, 1.54) is 20.3 Å². The highest BCUT2D eigenvalue weighted by Crippen LogP contribution is 2.32. The summed E-state index contributed by atoms with van der Waals surface area (Å²) in [5, 5.41) is 2.39. The Hall–Kier alpha value is -4.24. The van der Waals surface area contributed by atoms with Gasteiger partial charge in [0, 0.05) is 11.6 Å². The summed E-state index contributed by atoms with van der Waals surface area (Å²) in [5.74, 6) is -0.466. The molecular weight excluding hydrogens is 459 g/mol. The van der Waals surface area contributed by atoms with Crippen LogP contribution in [-0.2, 0) is 9.59 Å². The van der Waals surface area contributed by atoms with Crippen LogP contribution in [0.5, 0.6) is 23.0 Å². The van der Waals surface area contributed by atoms with Crippen LogP contribution in [0.4, 0.5) is 10.1 Å². The zero-order valence-corrected chi connectivity index (χ0v) is 19.0. The molecule has 0 radical (unpaired) electrons. The highest BCUT2D eigenvalue weighted by Gasteiger charge is 2.34. The molecule has 1 N–H and O–H groups in total. The summed E-state index contributed by atoms with van der Waals surface area (Å²) in [6.45, 7) is 0. The third kappa shape index (κ3) is 4.60. The van der Waals surface area contributed by atoms with E-state index in [1.54, 1.807) is 24.3 Å². The van der Waals surface area contributed by atoms with Gasteiger partial charge in [-0.2, -0.15) is 0 Å². The monoisotopic (exact) mass is 478 g/mol. The Morgan fingerprint density at radius 3 is 2.18 bits per heavy atom. The quantitative estimate of drug-likeness (QED) is 0.320. The topological polar surface area (TPSA) is 77.1 Å². The Bertz CT molecular complexity index is 1290. The lowest BCUT2D eigenvalue weighted by molar-refractivity contribution is -0.122. The summed E-state index contributed by atoms with van der Waals surface area (Å²) in [5.41, 5.74) is 0.106. The van der Waals surface area contributed by atoms with Gasteiger partial charge < -0.3 is 14.2 Å². The van der Waals surface area contributed by atoms with Crippen molar-refractivity contribution in [1.82, 2.24) is 5.32 Å². The van der Waals surface area contributed by atoms with E-state index < -0.39 is 17.6 Å². The smallest absolute Gasteiger partial charge is 0.270 e. The molecule has 7 nitrogen and oxygen atoms in total. The molecule has 3 aromatic carbocycles. The number of benzene rings is 3. The molecule has 172 valence electrons. The summed E-state index contributed by atoms with van der Waals surface area (Å²) >= 11 is 5.22. The second kappa shape index (κ2) is 9.72. The Balaban J connectivity index is 1.64. The number of thiocarbonyl (C=S) groups is 1. The van der Waals surface area contributed by atoms with E-state index in [4.69, 9.17) is 26.4 Å². The number of anilines is 1. The second-order valence-electron chi connectivity index (χ2n) is 7.10. The molecule has 0 bridgehead atoms. The van der Waals surface area contributed by atoms with Crippen LogP contribution in [0.1, 0.15) is 5.56 Å². The fraction of sp³-hybridized carbons (Fsp3) is 0.0800. The molecule has 1 heterocycles. The third-order valence-electron chi connectivity index (χ3n) is 4.98. The van der Waals surface area contributed by atoms with Gasteiger partial charge in [0.25, 0.3) is 11.8 Å². The number of ether oxygens (including phenoxy) is 3. The van der Waals surface area contributed by atoms with Crippen molar-refractivity contribution in [1.29, 1.82) is 0 Å². The number of amides is 2. The number of para-hydroxylation sites is 1. The van der Waals surface area contributed by atoms with E-state index in [9.17, 15) is 14.0 Å². The van der Waals surface area contributed by atoms with Crippen molar-refractivity contribution in [3.8, 4) is 23.0 Å². The van der Waals surface area contributed by atoms with E-state index in [1.807, 2.05) is 30.3 Å². The van der Waals surface area contributed by atoms with Crippen molar-refractivity contribution >= 4 is 40.9 Å². The van der Waals surface area contributed by atoms with Gasteiger partial charge in [0.1, 0.15) is 22.9 Å². The first-order chi connectivity index (χ1) is 16.4. The fourth-order valence-corrected chi connectivity index (χ4v) is 3.60. The first-order valence-corrected chi connectivity index (χ1v) is 10.5. The number of halogens is 1. The molecule has 0 saturated carbocycles. The number of carbonyl (C=O) groups is 2. The lowest BCUT2D eigenvalue weighted by Crippen LogP contribution is -2.54. The van der Waals surface area contributed by atoms with Crippen molar-refractivity contribution in [3.63, 3.8) is 0 Å². The highest BCUT2D eigenvalue weighted by atomic mass is 32.1. The van der Waals surface area contributed by atoms with Crippen LogP contribution in [0.25, 0.3) is 6.08 Å². The van der Waals surface area contributed by atoms with Crippen molar-refractivity contribution in [2.45, 2.75) is 0 Å². The van der Waals surface area contributed by atoms with Crippen LogP contribution < -0.4 is 24.4 Å². The molecular formula is C25H19FN2O5S. The molecule has 0 aliphatic carbocycles. The molecule has 34 heavy (non-hydrogen) atoms.